The van der Waals surface area contributed by atoms with Gasteiger partial charge in [0.1, 0.15) is 0 Å². The Morgan fingerprint density at radius 1 is 0.292 bits per heavy atom. The summed E-state index contributed by atoms with van der Waals surface area (Å²) in [4.78, 5) is 0. The molecule has 0 atom stereocenters. The molecule has 6 nitrogen and oxygen atoms in total. The van der Waals surface area contributed by atoms with E-state index in [2.05, 4.69) is 0 Å². The molecule has 0 aliphatic carbocycles. The van der Waals surface area contributed by atoms with E-state index in [-0.39, 0.29) is 0 Å². The molecule has 0 N–H and O–H groups in total. The Bertz CT molecular complexity index is 548. The minimum atomic E-state index is -0.830. The molecule has 0 unspecified atom stereocenters. The summed E-state index contributed by atoms with van der Waals surface area (Å²) in [5.74, 6) is 0.923. The average Bonchev–Trinajstić information content (AvgIpc) is 3.07. The van der Waals surface area contributed by atoms with E-state index in [1.165, 1.54) is 127 Å². The van der Waals surface area contributed by atoms with E-state index in [4.69, 9.17) is 28.4 Å². The van der Waals surface area contributed by atoms with Crippen LogP contribution in [-0.2, 0) is 28.4 Å². The summed E-state index contributed by atoms with van der Waals surface area (Å²) in [5.41, 5.74) is 0. The minimum Gasteiger partial charge on any atom is -0.328 e. The van der Waals surface area contributed by atoms with Crippen molar-refractivity contribution in [1.29, 1.82) is 0 Å². The molecule has 0 aromatic carbocycles. The molecule has 0 spiro atoms. The first-order valence-corrected chi connectivity index (χ1v) is 25.1. The zero-order valence-electron chi connectivity index (χ0n) is 32.3. The van der Waals surface area contributed by atoms with Crippen LogP contribution in [0.25, 0.3) is 0 Å². The van der Waals surface area contributed by atoms with Gasteiger partial charge in [-0.1, -0.05) is 124 Å². The maximum atomic E-state index is 5.83. The summed E-state index contributed by atoms with van der Waals surface area (Å²) >= 11 is 0. The molecule has 10 heteroatoms. The topological polar surface area (TPSA) is 55.4 Å². The van der Waals surface area contributed by atoms with Crippen LogP contribution >= 0.6 is 41.2 Å². The fraction of sp³-hybridized carbons (Fsp3) is 1.00. The molecule has 0 heterocycles. The van der Waals surface area contributed by atoms with Crippen LogP contribution in [0.2, 0.25) is 0 Å². The van der Waals surface area contributed by atoms with Crippen molar-refractivity contribution in [3.63, 3.8) is 0 Å². The van der Waals surface area contributed by atoms with Crippen LogP contribution in [-0.4, -0.2) is 63.1 Å². The highest BCUT2D eigenvalue weighted by molar-refractivity contribution is 9.26. The van der Waals surface area contributed by atoms with E-state index < -0.39 is 11.9 Å². The molecule has 0 bridgehead atoms. The molecular formula is C38H78O6S4. The third-order valence-corrected chi connectivity index (χ3v) is 14.9. The number of hydrogen-bond donors (Lipinski definition) is 0. The molecule has 0 radical (unpaired) electrons. The molecule has 0 aromatic heterocycles. The molecule has 0 fully saturated rings. The van der Waals surface area contributed by atoms with E-state index >= 15 is 0 Å². The van der Waals surface area contributed by atoms with Crippen LogP contribution in [0.4, 0.5) is 0 Å². The SMILES string of the molecule is CCOC(CCCCCCCCCCCCSSSSCCCCCCCCCCCCC(OCC)(OCC)OCC)(OCC)OCC. The van der Waals surface area contributed by atoms with Crippen molar-refractivity contribution in [3.8, 4) is 0 Å². The van der Waals surface area contributed by atoms with Gasteiger partial charge >= 0.3 is 0 Å². The molecule has 0 aliphatic rings. The van der Waals surface area contributed by atoms with Crippen LogP contribution in [0, 0.1) is 0 Å². The van der Waals surface area contributed by atoms with Crippen LogP contribution in [0.1, 0.15) is 183 Å². The van der Waals surface area contributed by atoms with Crippen molar-refractivity contribution < 1.29 is 28.4 Å². The average molecular weight is 759 g/mol. The molecular weight excluding hydrogens is 681 g/mol. The van der Waals surface area contributed by atoms with Crippen LogP contribution < -0.4 is 0 Å². The van der Waals surface area contributed by atoms with Crippen LogP contribution in [0.15, 0.2) is 0 Å². The van der Waals surface area contributed by atoms with Gasteiger partial charge < -0.3 is 28.4 Å². The number of hydrogen-bond acceptors (Lipinski definition) is 10. The summed E-state index contributed by atoms with van der Waals surface area (Å²) in [7, 11) is 8.07. The van der Waals surface area contributed by atoms with Gasteiger partial charge in [0.25, 0.3) is 11.9 Å². The van der Waals surface area contributed by atoms with Gasteiger partial charge in [-0.05, 0) is 86.9 Å². The van der Waals surface area contributed by atoms with Gasteiger partial charge in [0.15, 0.2) is 0 Å². The molecule has 0 rings (SSSR count). The van der Waals surface area contributed by atoms with E-state index in [1.54, 1.807) is 0 Å². The minimum absolute atomic E-state index is 0.614. The number of unbranched alkanes of at least 4 members (excludes halogenated alkanes) is 18. The highest BCUT2D eigenvalue weighted by atomic mass is 33.7. The van der Waals surface area contributed by atoms with Crippen molar-refractivity contribution in [2.45, 2.75) is 195 Å². The van der Waals surface area contributed by atoms with Gasteiger partial charge in [0, 0.05) is 64.0 Å². The summed E-state index contributed by atoms with van der Waals surface area (Å²) in [6.07, 6.45) is 28.2. The second kappa shape index (κ2) is 37.9. The van der Waals surface area contributed by atoms with E-state index in [0.717, 1.165) is 25.7 Å². The molecule has 0 saturated carbocycles. The third kappa shape index (κ3) is 29.7. The Morgan fingerprint density at radius 3 is 0.729 bits per heavy atom. The summed E-state index contributed by atoms with van der Waals surface area (Å²) in [6.45, 7) is 15.7. The first-order chi connectivity index (χ1) is 23.6. The van der Waals surface area contributed by atoms with Crippen molar-refractivity contribution >= 4 is 41.2 Å². The lowest BCUT2D eigenvalue weighted by atomic mass is 10.1. The van der Waals surface area contributed by atoms with Gasteiger partial charge in [-0.15, -0.1) is 0 Å². The molecule has 290 valence electrons. The quantitative estimate of drug-likeness (QED) is 0.0342. The van der Waals surface area contributed by atoms with Crippen molar-refractivity contribution in [1.82, 2.24) is 0 Å². The maximum absolute atomic E-state index is 5.83. The molecule has 48 heavy (non-hydrogen) atoms. The largest absolute Gasteiger partial charge is 0.328 e. The normalized spacial score (nSPS) is 12.4. The van der Waals surface area contributed by atoms with Crippen molar-refractivity contribution in [2.75, 3.05) is 51.1 Å². The summed E-state index contributed by atoms with van der Waals surface area (Å²) in [6, 6.07) is 0. The summed E-state index contributed by atoms with van der Waals surface area (Å²) < 4.78 is 35.0. The monoisotopic (exact) mass is 758 g/mol. The van der Waals surface area contributed by atoms with Gasteiger partial charge in [-0.25, -0.2) is 0 Å². The fourth-order valence-electron chi connectivity index (χ4n) is 5.94. The second-order valence-electron chi connectivity index (χ2n) is 12.3. The Morgan fingerprint density at radius 2 is 0.500 bits per heavy atom. The Hall–Kier alpha value is 1.16. The maximum Gasteiger partial charge on any atom is 0.282 e. The lowest BCUT2D eigenvalue weighted by molar-refractivity contribution is -0.380. The predicted octanol–water partition coefficient (Wildman–Crippen LogP) is 13.8. The fourth-order valence-corrected chi connectivity index (χ4v) is 12.2. The van der Waals surface area contributed by atoms with E-state index in [1.807, 2.05) is 82.8 Å². The highest BCUT2D eigenvalue weighted by Crippen LogP contribution is 2.43. The van der Waals surface area contributed by atoms with Crippen molar-refractivity contribution in [3.05, 3.63) is 0 Å². The zero-order valence-corrected chi connectivity index (χ0v) is 35.6. The molecule has 0 aromatic rings. The Kier molecular flexibility index (Phi) is 38.8. The Balaban J connectivity index is 3.39. The number of rotatable bonds is 41. The first kappa shape index (κ1) is 49.2. The van der Waals surface area contributed by atoms with Crippen molar-refractivity contribution in [2.24, 2.45) is 0 Å². The Labute approximate surface area is 314 Å². The zero-order chi connectivity index (χ0) is 35.3. The van der Waals surface area contributed by atoms with Gasteiger partial charge in [0.2, 0.25) is 0 Å². The van der Waals surface area contributed by atoms with Crippen LogP contribution in [0.5, 0.6) is 0 Å². The standard InChI is InChI=1S/C38H78O6S4/c1-7-39-37(40-8-2,41-9-3)33-29-25-21-17-13-15-19-23-27-31-35-45-47-48-46-36-32-28-24-20-16-14-18-22-26-30-34-38(42-10-4,43-11-5)44-12-6/h7-36H2,1-6H3. The number of ether oxygens (including phenoxy) is 6. The van der Waals surface area contributed by atoms with Crippen LogP contribution in [0.3, 0.4) is 0 Å². The third-order valence-electron chi connectivity index (χ3n) is 8.23. The molecule has 0 saturated heterocycles. The van der Waals surface area contributed by atoms with Gasteiger partial charge in [-0.2, -0.15) is 0 Å². The highest BCUT2D eigenvalue weighted by Gasteiger charge is 2.32. The second-order valence-corrected chi connectivity index (χ2v) is 18.6. The van der Waals surface area contributed by atoms with E-state index in [0.29, 0.717) is 39.6 Å². The molecule has 0 aliphatic heterocycles. The van der Waals surface area contributed by atoms with E-state index in [9.17, 15) is 0 Å². The lowest BCUT2D eigenvalue weighted by Crippen LogP contribution is -2.39. The van der Waals surface area contributed by atoms with Gasteiger partial charge in [-0.3, -0.25) is 0 Å². The predicted molar refractivity (Wildman–Crippen MR) is 217 cm³/mol. The summed E-state index contributed by atoms with van der Waals surface area (Å²) in [5, 5.41) is 0. The smallest absolute Gasteiger partial charge is 0.282 e. The van der Waals surface area contributed by atoms with Gasteiger partial charge in [0.05, 0.1) is 0 Å². The first-order valence-electron chi connectivity index (χ1n) is 20.0. The lowest BCUT2D eigenvalue weighted by Gasteiger charge is -2.32. The molecule has 0 amide bonds.